The lowest BCUT2D eigenvalue weighted by atomic mass is 9.68. The first-order chi connectivity index (χ1) is 8.19. The number of carbonyl (C=O) groups is 2. The molecule has 1 aromatic rings. The van der Waals surface area contributed by atoms with Gasteiger partial charge in [-0.15, -0.1) is 0 Å². The molecule has 1 aromatic heterocycles. The van der Waals surface area contributed by atoms with Crippen molar-refractivity contribution in [2.45, 2.75) is 25.8 Å². The predicted octanol–water partition coefficient (Wildman–Crippen LogP) is 1.24. The highest BCUT2D eigenvalue weighted by Gasteiger charge is 2.51. The molecule has 1 heterocycles. The molecule has 1 aliphatic carbocycles. The molecule has 0 spiro atoms. The van der Waals surface area contributed by atoms with Gasteiger partial charge < -0.3 is 14.5 Å². The van der Waals surface area contributed by atoms with Crippen LogP contribution in [0.2, 0.25) is 0 Å². The lowest BCUT2D eigenvalue weighted by molar-refractivity contribution is -0.165. The summed E-state index contributed by atoms with van der Waals surface area (Å²) in [4.78, 5) is 23.6. The average molecular weight is 237 g/mol. The zero-order valence-corrected chi connectivity index (χ0v) is 9.69. The first-order valence-corrected chi connectivity index (χ1v) is 5.58. The van der Waals surface area contributed by atoms with Crippen molar-refractivity contribution in [3.8, 4) is 0 Å². The molecule has 17 heavy (non-hydrogen) atoms. The van der Waals surface area contributed by atoms with E-state index in [0.29, 0.717) is 25.1 Å². The summed E-state index contributed by atoms with van der Waals surface area (Å²) < 4.78 is 9.80. The van der Waals surface area contributed by atoms with Crippen molar-refractivity contribution in [3.05, 3.63) is 24.2 Å². The maximum Gasteiger partial charge on any atom is 0.321 e. The van der Waals surface area contributed by atoms with Crippen LogP contribution in [0.5, 0.6) is 0 Å². The summed E-state index contributed by atoms with van der Waals surface area (Å²) in [5.41, 5.74) is -0.971. The maximum absolute atomic E-state index is 12.0. The molecule has 5 heteroatoms. The third-order valence-electron chi connectivity index (χ3n) is 3.22. The quantitative estimate of drug-likeness (QED) is 0.632. The Balaban J connectivity index is 1.96. The zero-order chi connectivity index (χ0) is 12.3. The fraction of sp³-hybridized carbons (Fsp3) is 0.500. The Bertz CT molecular complexity index is 406. The third-order valence-corrected chi connectivity index (χ3v) is 3.22. The topological polar surface area (TPSA) is 68.5 Å². The number of esters is 1. The molecule has 0 bridgehead atoms. The van der Waals surface area contributed by atoms with Crippen LogP contribution in [0.15, 0.2) is 22.8 Å². The number of rotatable bonds is 4. The molecule has 1 fully saturated rings. The SMILES string of the molecule is COC(=O)C1(C(=O)NCc2ccco2)CCC1. The molecular weight excluding hydrogens is 222 g/mol. The summed E-state index contributed by atoms with van der Waals surface area (Å²) in [7, 11) is 1.31. The van der Waals surface area contributed by atoms with E-state index in [9.17, 15) is 9.59 Å². The Morgan fingerprint density at radius 3 is 2.76 bits per heavy atom. The van der Waals surface area contributed by atoms with E-state index < -0.39 is 11.4 Å². The molecule has 1 saturated carbocycles. The minimum atomic E-state index is -0.971. The van der Waals surface area contributed by atoms with Gasteiger partial charge >= 0.3 is 5.97 Å². The van der Waals surface area contributed by atoms with E-state index in [4.69, 9.17) is 9.15 Å². The van der Waals surface area contributed by atoms with E-state index in [2.05, 4.69) is 5.32 Å². The van der Waals surface area contributed by atoms with Gasteiger partial charge in [0.2, 0.25) is 5.91 Å². The fourth-order valence-corrected chi connectivity index (χ4v) is 2.00. The van der Waals surface area contributed by atoms with Gasteiger partial charge in [-0.1, -0.05) is 6.42 Å². The summed E-state index contributed by atoms with van der Waals surface area (Å²) in [5, 5.41) is 2.71. The molecule has 0 radical (unpaired) electrons. The summed E-state index contributed by atoms with van der Waals surface area (Å²) in [6.45, 7) is 0.296. The van der Waals surface area contributed by atoms with Crippen molar-refractivity contribution in [1.82, 2.24) is 5.32 Å². The standard InChI is InChI=1S/C12H15NO4/c1-16-11(15)12(5-3-6-12)10(14)13-8-9-4-2-7-17-9/h2,4,7H,3,5-6,8H2,1H3,(H,13,14). The van der Waals surface area contributed by atoms with Gasteiger partial charge in [0.1, 0.15) is 11.2 Å². The summed E-state index contributed by atoms with van der Waals surface area (Å²) in [5.74, 6) is -0.0506. The first kappa shape index (κ1) is 11.7. The minimum absolute atomic E-state index is 0.271. The normalized spacial score (nSPS) is 17.0. The Morgan fingerprint density at radius 2 is 2.29 bits per heavy atom. The number of amides is 1. The molecule has 1 amide bonds. The second-order valence-corrected chi connectivity index (χ2v) is 4.19. The van der Waals surface area contributed by atoms with Crippen LogP contribution in [0.25, 0.3) is 0 Å². The summed E-state index contributed by atoms with van der Waals surface area (Å²) >= 11 is 0. The number of carbonyl (C=O) groups excluding carboxylic acids is 2. The highest BCUT2D eigenvalue weighted by molar-refractivity contribution is 6.03. The number of furan rings is 1. The van der Waals surface area contributed by atoms with Gasteiger partial charge in [0.25, 0.3) is 0 Å². The molecule has 0 atom stereocenters. The number of hydrogen-bond donors (Lipinski definition) is 1. The van der Waals surface area contributed by atoms with Crippen molar-refractivity contribution < 1.29 is 18.7 Å². The lowest BCUT2D eigenvalue weighted by Crippen LogP contribution is -2.51. The van der Waals surface area contributed by atoms with Crippen LogP contribution >= 0.6 is 0 Å². The van der Waals surface area contributed by atoms with E-state index in [1.807, 2.05) is 0 Å². The van der Waals surface area contributed by atoms with Crippen LogP contribution < -0.4 is 5.32 Å². The zero-order valence-electron chi connectivity index (χ0n) is 9.69. The fourth-order valence-electron chi connectivity index (χ4n) is 2.00. The molecule has 1 N–H and O–H groups in total. The van der Waals surface area contributed by atoms with Crippen LogP contribution in [-0.2, 0) is 20.9 Å². The molecule has 0 aliphatic heterocycles. The molecule has 0 aromatic carbocycles. The molecule has 92 valence electrons. The van der Waals surface area contributed by atoms with E-state index in [1.54, 1.807) is 18.4 Å². The monoisotopic (exact) mass is 237 g/mol. The molecule has 1 aliphatic rings. The van der Waals surface area contributed by atoms with Crippen molar-refractivity contribution in [3.63, 3.8) is 0 Å². The van der Waals surface area contributed by atoms with Gasteiger partial charge in [-0.2, -0.15) is 0 Å². The van der Waals surface area contributed by atoms with Gasteiger partial charge in [-0.3, -0.25) is 9.59 Å². The van der Waals surface area contributed by atoms with Crippen LogP contribution in [0.4, 0.5) is 0 Å². The lowest BCUT2D eigenvalue weighted by Gasteiger charge is -2.36. The van der Waals surface area contributed by atoms with Gasteiger partial charge in [-0.25, -0.2) is 0 Å². The molecule has 0 unspecified atom stereocenters. The summed E-state index contributed by atoms with van der Waals surface area (Å²) in [6, 6.07) is 3.52. The number of ether oxygens (including phenoxy) is 1. The molecular formula is C12H15NO4. The third kappa shape index (κ3) is 2.05. The number of hydrogen-bond acceptors (Lipinski definition) is 4. The number of nitrogens with one attached hydrogen (secondary N) is 1. The molecule has 0 saturated heterocycles. The molecule has 2 rings (SSSR count). The second kappa shape index (κ2) is 4.61. The Labute approximate surface area is 99.1 Å². The van der Waals surface area contributed by atoms with E-state index in [1.165, 1.54) is 7.11 Å². The van der Waals surface area contributed by atoms with E-state index in [-0.39, 0.29) is 5.91 Å². The van der Waals surface area contributed by atoms with Crippen molar-refractivity contribution >= 4 is 11.9 Å². The van der Waals surface area contributed by atoms with Crippen LogP contribution in [0, 0.1) is 5.41 Å². The van der Waals surface area contributed by atoms with Gasteiger partial charge in [-0.05, 0) is 25.0 Å². The smallest absolute Gasteiger partial charge is 0.321 e. The van der Waals surface area contributed by atoms with Crippen molar-refractivity contribution in [2.75, 3.05) is 7.11 Å². The number of methoxy groups -OCH3 is 1. The van der Waals surface area contributed by atoms with Crippen molar-refractivity contribution in [1.29, 1.82) is 0 Å². The van der Waals surface area contributed by atoms with E-state index in [0.717, 1.165) is 6.42 Å². The first-order valence-electron chi connectivity index (χ1n) is 5.58. The Kier molecular flexibility index (Phi) is 3.17. The largest absolute Gasteiger partial charge is 0.468 e. The van der Waals surface area contributed by atoms with Crippen LogP contribution in [0.1, 0.15) is 25.0 Å². The van der Waals surface area contributed by atoms with Crippen LogP contribution in [0.3, 0.4) is 0 Å². The van der Waals surface area contributed by atoms with E-state index >= 15 is 0 Å². The molecule has 5 nitrogen and oxygen atoms in total. The van der Waals surface area contributed by atoms with Crippen molar-refractivity contribution in [2.24, 2.45) is 5.41 Å². The highest BCUT2D eigenvalue weighted by atomic mass is 16.5. The maximum atomic E-state index is 12.0. The Morgan fingerprint density at radius 1 is 1.53 bits per heavy atom. The Hall–Kier alpha value is -1.78. The highest BCUT2D eigenvalue weighted by Crippen LogP contribution is 2.42. The van der Waals surface area contributed by atoms with Gasteiger partial charge in [0.15, 0.2) is 0 Å². The summed E-state index contributed by atoms with van der Waals surface area (Å²) in [6.07, 6.45) is 3.54. The minimum Gasteiger partial charge on any atom is -0.468 e. The second-order valence-electron chi connectivity index (χ2n) is 4.19. The van der Waals surface area contributed by atoms with Crippen LogP contribution in [-0.4, -0.2) is 19.0 Å². The average Bonchev–Trinajstić information content (AvgIpc) is 2.77. The van der Waals surface area contributed by atoms with Gasteiger partial charge in [0, 0.05) is 0 Å². The predicted molar refractivity (Wildman–Crippen MR) is 58.9 cm³/mol. The van der Waals surface area contributed by atoms with Gasteiger partial charge in [0.05, 0.1) is 19.9 Å².